The summed E-state index contributed by atoms with van der Waals surface area (Å²) < 4.78 is 11.8. The van der Waals surface area contributed by atoms with Crippen LogP contribution in [0, 0.1) is 0 Å². The van der Waals surface area contributed by atoms with E-state index in [2.05, 4.69) is 38.0 Å². The molecule has 19 heavy (non-hydrogen) atoms. The maximum absolute atomic E-state index is 5.83. The highest BCUT2D eigenvalue weighted by Gasteiger charge is 2.26. The largest absolute Gasteiger partial charge is 0.488 e. The molecule has 1 aliphatic rings. The van der Waals surface area contributed by atoms with Crippen LogP contribution in [-0.2, 0) is 6.42 Å². The van der Waals surface area contributed by atoms with E-state index in [4.69, 9.17) is 9.26 Å². The number of aromatic nitrogens is 3. The molecule has 2 heterocycles. The number of hydrogen-bond acceptors (Lipinski definition) is 5. The van der Waals surface area contributed by atoms with Gasteiger partial charge in [-0.05, 0) is 41.3 Å². The molecule has 1 saturated carbocycles. The molecule has 0 aromatic carbocycles. The zero-order valence-electron chi connectivity index (χ0n) is 10.6. The van der Waals surface area contributed by atoms with Gasteiger partial charge in [0.05, 0.1) is 17.9 Å². The summed E-state index contributed by atoms with van der Waals surface area (Å²) in [5.41, 5.74) is 0.819. The molecule has 2 aromatic heterocycles. The predicted octanol–water partition coefficient (Wildman–Crippen LogP) is 3.39. The molecular weight excluding hydrogens is 310 g/mol. The molecule has 3 rings (SSSR count). The van der Waals surface area contributed by atoms with Crippen molar-refractivity contribution in [3.8, 4) is 17.1 Å². The van der Waals surface area contributed by atoms with Crippen molar-refractivity contribution in [1.29, 1.82) is 0 Å². The summed E-state index contributed by atoms with van der Waals surface area (Å²) in [6.07, 6.45) is 5.98. The van der Waals surface area contributed by atoms with Crippen LogP contribution >= 0.6 is 15.9 Å². The Balaban J connectivity index is 1.93. The Morgan fingerprint density at radius 3 is 3.05 bits per heavy atom. The van der Waals surface area contributed by atoms with Gasteiger partial charge in [0.1, 0.15) is 10.4 Å². The highest BCUT2D eigenvalue weighted by Crippen LogP contribution is 2.34. The maximum atomic E-state index is 5.83. The number of nitrogens with zero attached hydrogens (tertiary/aromatic N) is 3. The summed E-state index contributed by atoms with van der Waals surface area (Å²) in [5, 5.41) is 4.02. The lowest BCUT2D eigenvalue weighted by molar-refractivity contribution is 0.302. The Morgan fingerprint density at radius 1 is 1.47 bits per heavy atom. The second-order valence-electron chi connectivity index (χ2n) is 4.58. The molecule has 1 fully saturated rings. The van der Waals surface area contributed by atoms with E-state index in [1.54, 1.807) is 6.20 Å². The van der Waals surface area contributed by atoms with E-state index in [1.807, 2.05) is 6.07 Å². The van der Waals surface area contributed by atoms with Gasteiger partial charge in [-0.2, -0.15) is 4.98 Å². The summed E-state index contributed by atoms with van der Waals surface area (Å²) in [7, 11) is 0. The molecule has 0 spiro atoms. The van der Waals surface area contributed by atoms with Gasteiger partial charge in [0, 0.05) is 6.42 Å². The van der Waals surface area contributed by atoms with E-state index in [1.165, 1.54) is 0 Å². The van der Waals surface area contributed by atoms with Crippen molar-refractivity contribution in [3.63, 3.8) is 0 Å². The highest BCUT2D eigenvalue weighted by atomic mass is 79.9. The first-order valence-electron chi connectivity index (χ1n) is 6.41. The SMILES string of the molecule is CCCc1nc(-c2cc(Br)ncc2OC2CC2)no1. The van der Waals surface area contributed by atoms with Crippen molar-refractivity contribution < 1.29 is 9.26 Å². The van der Waals surface area contributed by atoms with Crippen molar-refractivity contribution >= 4 is 15.9 Å². The smallest absolute Gasteiger partial charge is 0.226 e. The van der Waals surface area contributed by atoms with E-state index in [0.29, 0.717) is 17.8 Å². The first kappa shape index (κ1) is 12.6. The molecule has 0 saturated heterocycles. The van der Waals surface area contributed by atoms with Gasteiger partial charge in [-0.25, -0.2) is 4.98 Å². The average Bonchev–Trinajstić information content (AvgIpc) is 3.09. The Bertz CT molecular complexity index is 581. The molecule has 0 N–H and O–H groups in total. The first-order chi connectivity index (χ1) is 9.26. The van der Waals surface area contributed by atoms with Crippen molar-refractivity contribution in [2.24, 2.45) is 0 Å². The lowest BCUT2D eigenvalue weighted by Gasteiger charge is -2.07. The molecule has 100 valence electrons. The molecule has 5 nitrogen and oxygen atoms in total. The third kappa shape index (κ3) is 2.94. The second kappa shape index (κ2) is 5.28. The number of rotatable bonds is 5. The van der Waals surface area contributed by atoms with E-state index < -0.39 is 0 Å². The van der Waals surface area contributed by atoms with Gasteiger partial charge in [0.25, 0.3) is 0 Å². The fraction of sp³-hybridized carbons (Fsp3) is 0.462. The number of hydrogen-bond donors (Lipinski definition) is 0. The summed E-state index contributed by atoms with van der Waals surface area (Å²) in [5.74, 6) is 1.93. The van der Waals surface area contributed by atoms with Crippen LogP contribution in [0.5, 0.6) is 5.75 Å². The normalized spacial score (nSPS) is 14.6. The van der Waals surface area contributed by atoms with Gasteiger partial charge < -0.3 is 9.26 Å². The van der Waals surface area contributed by atoms with Crippen molar-refractivity contribution in [1.82, 2.24) is 15.1 Å². The minimum Gasteiger partial charge on any atom is -0.488 e. The minimum atomic E-state index is 0.309. The van der Waals surface area contributed by atoms with Crippen LogP contribution in [0.2, 0.25) is 0 Å². The summed E-state index contributed by atoms with van der Waals surface area (Å²) in [4.78, 5) is 8.59. The molecule has 6 heteroatoms. The van der Waals surface area contributed by atoms with Crippen molar-refractivity contribution in [2.45, 2.75) is 38.7 Å². The van der Waals surface area contributed by atoms with Gasteiger partial charge in [0.15, 0.2) is 0 Å². The third-order valence-corrected chi connectivity index (χ3v) is 3.26. The van der Waals surface area contributed by atoms with E-state index in [0.717, 1.165) is 41.6 Å². The predicted molar refractivity (Wildman–Crippen MR) is 72.9 cm³/mol. The third-order valence-electron chi connectivity index (χ3n) is 2.82. The zero-order chi connectivity index (χ0) is 13.2. The summed E-state index contributed by atoms with van der Waals surface area (Å²) >= 11 is 3.36. The van der Waals surface area contributed by atoms with Crippen LogP contribution in [-0.4, -0.2) is 21.2 Å². The fourth-order valence-electron chi connectivity index (χ4n) is 1.73. The standard InChI is InChI=1S/C13H14BrN3O2/c1-2-3-12-16-13(17-19-12)9-6-11(14)15-7-10(9)18-8-4-5-8/h6-8H,2-5H2,1H3. The monoisotopic (exact) mass is 323 g/mol. The van der Waals surface area contributed by atoms with E-state index in [9.17, 15) is 0 Å². The van der Waals surface area contributed by atoms with Crippen molar-refractivity contribution in [2.75, 3.05) is 0 Å². The van der Waals surface area contributed by atoms with Gasteiger partial charge in [-0.15, -0.1) is 0 Å². The molecule has 0 bridgehead atoms. The minimum absolute atomic E-state index is 0.309. The lowest BCUT2D eigenvalue weighted by atomic mass is 10.2. The van der Waals surface area contributed by atoms with Gasteiger partial charge in [-0.3, -0.25) is 0 Å². The molecule has 0 aliphatic heterocycles. The quantitative estimate of drug-likeness (QED) is 0.789. The average molecular weight is 324 g/mol. The van der Waals surface area contributed by atoms with Crippen LogP contribution in [0.15, 0.2) is 21.4 Å². The van der Waals surface area contributed by atoms with Crippen molar-refractivity contribution in [3.05, 3.63) is 22.8 Å². The summed E-state index contributed by atoms with van der Waals surface area (Å²) in [6, 6.07) is 1.86. The topological polar surface area (TPSA) is 61.0 Å². The van der Waals surface area contributed by atoms with Crippen LogP contribution in [0.25, 0.3) is 11.4 Å². The number of aryl methyl sites for hydroxylation is 1. The molecular formula is C13H14BrN3O2. The molecule has 0 radical (unpaired) electrons. The van der Waals surface area contributed by atoms with Gasteiger partial charge >= 0.3 is 0 Å². The fourth-order valence-corrected chi connectivity index (χ4v) is 2.06. The molecule has 1 aliphatic carbocycles. The van der Waals surface area contributed by atoms with Gasteiger partial charge in [-0.1, -0.05) is 12.1 Å². The van der Waals surface area contributed by atoms with Crippen LogP contribution in [0.3, 0.4) is 0 Å². The molecule has 2 aromatic rings. The zero-order valence-corrected chi connectivity index (χ0v) is 12.2. The lowest BCUT2D eigenvalue weighted by Crippen LogP contribution is -1.99. The maximum Gasteiger partial charge on any atom is 0.226 e. The Kier molecular flexibility index (Phi) is 3.50. The highest BCUT2D eigenvalue weighted by molar-refractivity contribution is 9.10. The molecule has 0 atom stereocenters. The number of halogens is 1. The second-order valence-corrected chi connectivity index (χ2v) is 5.39. The molecule has 0 unspecified atom stereocenters. The Labute approximate surface area is 119 Å². The first-order valence-corrected chi connectivity index (χ1v) is 7.20. The Morgan fingerprint density at radius 2 is 2.32 bits per heavy atom. The molecule has 0 amide bonds. The van der Waals surface area contributed by atoms with Crippen LogP contribution < -0.4 is 4.74 Å². The summed E-state index contributed by atoms with van der Waals surface area (Å²) in [6.45, 7) is 2.08. The Hall–Kier alpha value is -1.43. The number of pyridine rings is 1. The van der Waals surface area contributed by atoms with Crippen LogP contribution in [0.4, 0.5) is 0 Å². The van der Waals surface area contributed by atoms with E-state index >= 15 is 0 Å². The van der Waals surface area contributed by atoms with Gasteiger partial charge in [0.2, 0.25) is 11.7 Å². The van der Waals surface area contributed by atoms with Crippen LogP contribution in [0.1, 0.15) is 32.1 Å². The van der Waals surface area contributed by atoms with E-state index in [-0.39, 0.29) is 0 Å². The number of ether oxygens (including phenoxy) is 1.